The molecule has 1 aliphatic heterocycles. The van der Waals surface area contributed by atoms with Gasteiger partial charge in [-0.3, -0.25) is 0 Å². The van der Waals surface area contributed by atoms with E-state index >= 15 is 0 Å². The van der Waals surface area contributed by atoms with Crippen LogP contribution >= 0.6 is 0 Å². The number of para-hydroxylation sites is 1. The third-order valence-corrected chi connectivity index (χ3v) is 12.3. The van der Waals surface area contributed by atoms with Gasteiger partial charge in [-0.25, -0.2) is 15.0 Å². The van der Waals surface area contributed by atoms with Gasteiger partial charge in [-0.1, -0.05) is 206 Å². The zero-order valence-electron chi connectivity index (χ0n) is 34.0. The predicted molar refractivity (Wildman–Crippen MR) is 251 cm³/mol. The van der Waals surface area contributed by atoms with E-state index in [0.717, 1.165) is 55.6 Å². The molecule has 0 saturated heterocycles. The van der Waals surface area contributed by atoms with E-state index in [2.05, 4.69) is 164 Å². The van der Waals surface area contributed by atoms with E-state index in [9.17, 15) is 0 Å². The summed E-state index contributed by atoms with van der Waals surface area (Å²) in [5, 5.41) is 0. The summed E-state index contributed by atoms with van der Waals surface area (Å²) in [4.78, 5) is 15.3. The molecule has 2 heterocycles. The van der Waals surface area contributed by atoms with Gasteiger partial charge in [0.2, 0.25) is 0 Å². The van der Waals surface area contributed by atoms with Crippen molar-refractivity contribution in [1.82, 2.24) is 15.0 Å². The van der Waals surface area contributed by atoms with Crippen LogP contribution in [0, 0.1) is 0 Å². The first-order valence-corrected chi connectivity index (χ1v) is 21.2. The zero-order valence-corrected chi connectivity index (χ0v) is 34.0. The molecule has 1 aromatic heterocycles. The Bertz CT molecular complexity index is 3300. The number of ether oxygens (including phenoxy) is 2. The molecule has 296 valence electrons. The van der Waals surface area contributed by atoms with E-state index in [1.54, 1.807) is 0 Å². The Morgan fingerprint density at radius 2 is 0.794 bits per heavy atom. The quantitative estimate of drug-likeness (QED) is 0.161. The Morgan fingerprint density at radius 3 is 1.51 bits per heavy atom. The second-order valence-electron chi connectivity index (χ2n) is 15.8. The Morgan fingerprint density at radius 1 is 0.302 bits per heavy atom. The average molecular weight is 808 g/mol. The van der Waals surface area contributed by atoms with Crippen LogP contribution in [-0.2, 0) is 5.41 Å². The average Bonchev–Trinajstić information content (AvgIpc) is 3.68. The molecular weight excluding hydrogens is 771 g/mol. The van der Waals surface area contributed by atoms with Gasteiger partial charge in [-0.15, -0.1) is 0 Å². The monoisotopic (exact) mass is 807 g/mol. The molecular formula is C58H37N3O2. The zero-order chi connectivity index (χ0) is 41.7. The molecule has 5 nitrogen and oxygen atoms in total. The molecule has 0 fully saturated rings. The lowest BCUT2D eigenvalue weighted by Gasteiger charge is -2.34. The van der Waals surface area contributed by atoms with Crippen molar-refractivity contribution in [2.75, 3.05) is 0 Å². The topological polar surface area (TPSA) is 57.1 Å². The van der Waals surface area contributed by atoms with Crippen LogP contribution in [0.5, 0.6) is 23.0 Å². The first kappa shape index (κ1) is 36.4. The molecule has 10 aromatic rings. The Labute approximate surface area is 365 Å². The molecule has 0 bridgehead atoms. The lowest BCUT2D eigenvalue weighted by Crippen LogP contribution is -2.28. The van der Waals surface area contributed by atoms with Crippen LogP contribution < -0.4 is 9.47 Å². The van der Waals surface area contributed by atoms with Gasteiger partial charge in [0.1, 0.15) is 0 Å². The van der Waals surface area contributed by atoms with Crippen LogP contribution in [0.15, 0.2) is 224 Å². The van der Waals surface area contributed by atoms with Gasteiger partial charge < -0.3 is 9.47 Å². The fourth-order valence-corrected chi connectivity index (χ4v) is 9.53. The van der Waals surface area contributed by atoms with Crippen molar-refractivity contribution in [3.8, 4) is 90.5 Å². The smallest absolute Gasteiger partial charge is 0.178 e. The van der Waals surface area contributed by atoms with Crippen LogP contribution in [0.2, 0.25) is 0 Å². The highest BCUT2D eigenvalue weighted by molar-refractivity contribution is 5.92. The van der Waals surface area contributed by atoms with E-state index in [4.69, 9.17) is 24.4 Å². The molecule has 0 spiro atoms. The summed E-state index contributed by atoms with van der Waals surface area (Å²) in [5.41, 5.74) is 13.1. The molecule has 5 heteroatoms. The third kappa shape index (κ3) is 5.97. The molecule has 1 aliphatic carbocycles. The highest BCUT2D eigenvalue weighted by Gasteiger charge is 2.48. The molecule has 0 N–H and O–H groups in total. The first-order chi connectivity index (χ1) is 31.2. The maximum atomic E-state index is 7.04. The molecule has 9 aromatic carbocycles. The normalized spacial score (nSPS) is 12.8. The summed E-state index contributed by atoms with van der Waals surface area (Å²) >= 11 is 0. The summed E-state index contributed by atoms with van der Waals surface area (Å²) < 4.78 is 14.0. The minimum atomic E-state index is -0.547. The van der Waals surface area contributed by atoms with Gasteiger partial charge in [0.25, 0.3) is 0 Å². The summed E-state index contributed by atoms with van der Waals surface area (Å²) in [6, 6.07) is 77.7. The van der Waals surface area contributed by atoms with Crippen molar-refractivity contribution in [3.05, 3.63) is 247 Å². The molecule has 63 heavy (non-hydrogen) atoms. The van der Waals surface area contributed by atoms with Crippen molar-refractivity contribution >= 4 is 0 Å². The van der Waals surface area contributed by atoms with Crippen molar-refractivity contribution in [3.63, 3.8) is 0 Å². The molecule has 0 radical (unpaired) electrons. The minimum absolute atomic E-state index is 0.547. The van der Waals surface area contributed by atoms with Gasteiger partial charge in [-0.05, 0) is 62.7 Å². The highest BCUT2D eigenvalue weighted by Crippen LogP contribution is 2.62. The van der Waals surface area contributed by atoms with Crippen molar-refractivity contribution in [2.45, 2.75) is 5.41 Å². The second kappa shape index (κ2) is 14.9. The van der Waals surface area contributed by atoms with E-state index < -0.39 is 5.41 Å². The molecule has 0 saturated carbocycles. The SMILES string of the molecule is c1ccc(-c2nc(-c3cccc(-c4cccc5c4Oc4ccc6c(c4O5)-c4ccccc4C6(c4ccccc4)c4ccccc4)c3)nc(-c3ccccc3-c3ccccc3)n2)cc1. The Balaban J connectivity index is 0.969. The van der Waals surface area contributed by atoms with Crippen molar-refractivity contribution < 1.29 is 9.47 Å². The Hall–Kier alpha value is -8.41. The van der Waals surface area contributed by atoms with Crippen LogP contribution in [-0.4, -0.2) is 15.0 Å². The highest BCUT2D eigenvalue weighted by atomic mass is 16.6. The van der Waals surface area contributed by atoms with Crippen molar-refractivity contribution in [1.29, 1.82) is 0 Å². The molecule has 2 aliphatic rings. The fraction of sp³-hybridized carbons (Fsp3) is 0.0172. The first-order valence-electron chi connectivity index (χ1n) is 21.2. The van der Waals surface area contributed by atoms with Crippen LogP contribution in [0.3, 0.4) is 0 Å². The van der Waals surface area contributed by atoms with Gasteiger partial charge >= 0.3 is 0 Å². The van der Waals surface area contributed by atoms with Gasteiger partial charge in [-0.2, -0.15) is 0 Å². The largest absolute Gasteiger partial charge is 0.449 e. The van der Waals surface area contributed by atoms with Gasteiger partial charge in [0.15, 0.2) is 40.5 Å². The summed E-state index contributed by atoms with van der Waals surface area (Å²) in [6.45, 7) is 0. The summed E-state index contributed by atoms with van der Waals surface area (Å²) in [7, 11) is 0. The van der Waals surface area contributed by atoms with E-state index in [1.165, 1.54) is 16.7 Å². The number of hydrogen-bond donors (Lipinski definition) is 0. The second-order valence-corrected chi connectivity index (χ2v) is 15.8. The molecule has 0 amide bonds. The van der Waals surface area contributed by atoms with Crippen LogP contribution in [0.25, 0.3) is 67.5 Å². The predicted octanol–water partition coefficient (Wildman–Crippen LogP) is 14.5. The van der Waals surface area contributed by atoms with Gasteiger partial charge in [0.05, 0.1) is 5.41 Å². The number of aromatic nitrogens is 3. The summed E-state index contributed by atoms with van der Waals surface area (Å²) in [5.74, 6) is 4.48. The van der Waals surface area contributed by atoms with E-state index in [1.807, 2.05) is 60.7 Å². The summed E-state index contributed by atoms with van der Waals surface area (Å²) in [6.07, 6.45) is 0. The minimum Gasteiger partial charge on any atom is -0.449 e. The standard InChI is InChI=1S/C58H37N3O2/c1-5-19-38(20-6-1)44-29-13-14-30-46(44)57-60-55(39-21-7-2-8-22-39)59-56(61-57)41-24-17-23-40(37-41)45-32-18-34-50-53(45)62-51-36-35-49-52(54(51)63-50)47-31-15-16-33-48(47)58(49,42-25-9-3-10-26-42)43-27-11-4-12-28-43/h1-37H. The lowest BCUT2D eigenvalue weighted by atomic mass is 9.68. The number of hydrogen-bond acceptors (Lipinski definition) is 5. The van der Waals surface area contributed by atoms with E-state index in [0.29, 0.717) is 40.5 Å². The van der Waals surface area contributed by atoms with E-state index in [-0.39, 0.29) is 0 Å². The maximum Gasteiger partial charge on any atom is 0.178 e. The number of benzene rings is 9. The molecule has 0 unspecified atom stereocenters. The molecule has 0 atom stereocenters. The number of nitrogens with zero attached hydrogens (tertiary/aromatic N) is 3. The Kier molecular flexibility index (Phi) is 8.64. The fourth-order valence-electron chi connectivity index (χ4n) is 9.53. The number of fused-ring (bicyclic) bond motifs is 6. The maximum absolute atomic E-state index is 7.04. The van der Waals surface area contributed by atoms with Crippen LogP contribution in [0.4, 0.5) is 0 Å². The van der Waals surface area contributed by atoms with Crippen LogP contribution in [0.1, 0.15) is 22.3 Å². The lowest BCUT2D eigenvalue weighted by molar-refractivity contribution is 0.361. The van der Waals surface area contributed by atoms with Crippen molar-refractivity contribution in [2.24, 2.45) is 0 Å². The van der Waals surface area contributed by atoms with Gasteiger partial charge in [0, 0.05) is 27.8 Å². The third-order valence-electron chi connectivity index (χ3n) is 12.3. The number of rotatable bonds is 7. The molecule has 12 rings (SSSR count).